The number of hydrogen-bond acceptors (Lipinski definition) is 3. The van der Waals surface area contributed by atoms with Gasteiger partial charge >= 0.3 is 0 Å². The first-order valence-corrected chi connectivity index (χ1v) is 8.26. The van der Waals surface area contributed by atoms with Crippen LogP contribution in [0, 0.1) is 11.2 Å². The minimum Gasteiger partial charge on any atom is -0.349 e. The monoisotopic (exact) mass is 314 g/mol. The number of primary sulfonamides is 1. The largest absolute Gasteiger partial charge is 0.349 e. The standard InChI is InChI=1S/C14H19FN2O3S/c1-14(2)6-5-10(8-14)17-13(18)9-3-4-11(15)12(7-9)21(16,19)20/h3-4,7,10H,5-6,8H2,1-2H3,(H,17,18)(H2,16,19,20). The van der Waals surface area contributed by atoms with Gasteiger partial charge in [-0.25, -0.2) is 17.9 Å². The van der Waals surface area contributed by atoms with Crippen molar-refractivity contribution in [3.05, 3.63) is 29.6 Å². The summed E-state index contributed by atoms with van der Waals surface area (Å²) < 4.78 is 36.0. The summed E-state index contributed by atoms with van der Waals surface area (Å²) in [5, 5.41) is 7.78. The Bertz CT molecular complexity index is 671. The van der Waals surface area contributed by atoms with Crippen LogP contribution in [-0.2, 0) is 10.0 Å². The highest BCUT2D eigenvalue weighted by Crippen LogP contribution is 2.37. The fraction of sp³-hybridized carbons (Fsp3) is 0.500. The molecule has 1 aliphatic carbocycles. The van der Waals surface area contributed by atoms with Crippen LogP contribution in [0.25, 0.3) is 0 Å². The minimum absolute atomic E-state index is 0.0514. The SMILES string of the molecule is CC1(C)CCC(NC(=O)c2ccc(F)c(S(N)(=O)=O)c2)C1. The van der Waals surface area contributed by atoms with Gasteiger partial charge in [0.05, 0.1) is 0 Å². The molecule has 1 atom stereocenters. The Morgan fingerprint density at radius 3 is 2.62 bits per heavy atom. The summed E-state index contributed by atoms with van der Waals surface area (Å²) in [5.74, 6) is -1.38. The molecule has 1 aromatic carbocycles. The second-order valence-electron chi connectivity index (χ2n) is 6.27. The molecule has 1 fully saturated rings. The number of halogens is 1. The van der Waals surface area contributed by atoms with Crippen LogP contribution in [0.1, 0.15) is 43.5 Å². The number of rotatable bonds is 3. The molecule has 116 valence electrons. The predicted octanol–water partition coefficient (Wildman–Crippen LogP) is 1.78. The zero-order valence-corrected chi connectivity index (χ0v) is 12.8. The molecule has 1 amide bonds. The summed E-state index contributed by atoms with van der Waals surface area (Å²) in [4.78, 5) is 11.5. The lowest BCUT2D eigenvalue weighted by Gasteiger charge is -2.18. The first-order valence-electron chi connectivity index (χ1n) is 6.72. The first kappa shape index (κ1) is 15.9. The van der Waals surface area contributed by atoms with Crippen molar-refractivity contribution in [2.45, 2.75) is 44.0 Å². The summed E-state index contributed by atoms with van der Waals surface area (Å²) in [7, 11) is -4.19. The van der Waals surface area contributed by atoms with Gasteiger partial charge in [-0.3, -0.25) is 4.79 Å². The molecule has 0 aliphatic heterocycles. The van der Waals surface area contributed by atoms with Gasteiger partial charge in [0.2, 0.25) is 10.0 Å². The van der Waals surface area contributed by atoms with E-state index >= 15 is 0 Å². The van der Waals surface area contributed by atoms with Gasteiger partial charge in [-0.05, 0) is 42.9 Å². The lowest BCUT2D eigenvalue weighted by atomic mass is 9.92. The van der Waals surface area contributed by atoms with Crippen LogP contribution >= 0.6 is 0 Å². The third-order valence-electron chi connectivity index (χ3n) is 3.80. The molecule has 5 nitrogen and oxygen atoms in total. The van der Waals surface area contributed by atoms with Gasteiger partial charge in [-0.15, -0.1) is 0 Å². The summed E-state index contributed by atoms with van der Waals surface area (Å²) in [6.45, 7) is 4.27. The van der Waals surface area contributed by atoms with Crippen LogP contribution in [0.2, 0.25) is 0 Å². The smallest absolute Gasteiger partial charge is 0.251 e. The van der Waals surface area contributed by atoms with Gasteiger partial charge in [0, 0.05) is 11.6 Å². The van der Waals surface area contributed by atoms with E-state index in [2.05, 4.69) is 19.2 Å². The zero-order valence-electron chi connectivity index (χ0n) is 12.0. The molecule has 7 heteroatoms. The number of amides is 1. The molecule has 1 saturated carbocycles. The van der Waals surface area contributed by atoms with E-state index in [4.69, 9.17) is 5.14 Å². The molecular formula is C14H19FN2O3S. The van der Waals surface area contributed by atoms with E-state index < -0.39 is 26.6 Å². The highest BCUT2D eigenvalue weighted by atomic mass is 32.2. The van der Waals surface area contributed by atoms with Crippen LogP contribution < -0.4 is 10.5 Å². The van der Waals surface area contributed by atoms with Gasteiger partial charge in [0.25, 0.3) is 5.91 Å². The van der Waals surface area contributed by atoms with Crippen molar-refractivity contribution in [1.82, 2.24) is 5.32 Å². The van der Waals surface area contributed by atoms with Gasteiger partial charge < -0.3 is 5.32 Å². The third kappa shape index (κ3) is 3.79. The Balaban J connectivity index is 2.17. The van der Waals surface area contributed by atoms with Crippen LogP contribution in [0.4, 0.5) is 4.39 Å². The van der Waals surface area contributed by atoms with E-state index in [-0.39, 0.29) is 17.0 Å². The quantitative estimate of drug-likeness (QED) is 0.891. The Morgan fingerprint density at radius 1 is 1.43 bits per heavy atom. The van der Waals surface area contributed by atoms with Crippen molar-refractivity contribution in [3.63, 3.8) is 0 Å². The molecule has 1 aliphatic rings. The third-order valence-corrected chi connectivity index (χ3v) is 4.73. The molecule has 1 unspecified atom stereocenters. The van der Waals surface area contributed by atoms with Crippen molar-refractivity contribution in [2.75, 3.05) is 0 Å². The number of nitrogens with two attached hydrogens (primary N) is 1. The van der Waals surface area contributed by atoms with E-state index in [0.717, 1.165) is 31.4 Å². The molecule has 0 bridgehead atoms. The average Bonchev–Trinajstić information content (AvgIpc) is 2.67. The normalized spacial score (nSPS) is 21.2. The number of sulfonamides is 1. The molecule has 0 heterocycles. The van der Waals surface area contributed by atoms with E-state index in [1.807, 2.05) is 0 Å². The topological polar surface area (TPSA) is 89.3 Å². The number of benzene rings is 1. The molecule has 2 rings (SSSR count). The summed E-state index contributed by atoms with van der Waals surface area (Å²) >= 11 is 0. The highest BCUT2D eigenvalue weighted by Gasteiger charge is 2.32. The average molecular weight is 314 g/mol. The van der Waals surface area contributed by atoms with Crippen molar-refractivity contribution < 1.29 is 17.6 Å². The van der Waals surface area contributed by atoms with Crippen molar-refractivity contribution in [1.29, 1.82) is 0 Å². The van der Waals surface area contributed by atoms with E-state index in [1.54, 1.807) is 0 Å². The number of nitrogens with one attached hydrogen (secondary N) is 1. The highest BCUT2D eigenvalue weighted by molar-refractivity contribution is 7.89. The lowest BCUT2D eigenvalue weighted by molar-refractivity contribution is 0.0935. The Morgan fingerprint density at radius 2 is 2.10 bits per heavy atom. The maximum Gasteiger partial charge on any atom is 0.251 e. The van der Waals surface area contributed by atoms with Gasteiger partial charge in [-0.2, -0.15) is 0 Å². The van der Waals surface area contributed by atoms with Gasteiger partial charge in [-0.1, -0.05) is 13.8 Å². The molecule has 0 spiro atoms. The fourth-order valence-corrected chi connectivity index (χ4v) is 3.32. The lowest BCUT2D eigenvalue weighted by Crippen LogP contribution is -2.33. The second kappa shape index (κ2) is 5.38. The second-order valence-corrected chi connectivity index (χ2v) is 7.80. The molecule has 21 heavy (non-hydrogen) atoms. The fourth-order valence-electron chi connectivity index (χ4n) is 2.69. The number of hydrogen-bond donors (Lipinski definition) is 2. The van der Waals surface area contributed by atoms with Crippen LogP contribution in [0.3, 0.4) is 0 Å². The minimum atomic E-state index is -4.19. The summed E-state index contributed by atoms with van der Waals surface area (Å²) in [6.07, 6.45) is 2.76. The predicted molar refractivity (Wildman–Crippen MR) is 76.7 cm³/mol. The molecule has 0 saturated heterocycles. The first-order chi connectivity index (χ1) is 9.58. The molecule has 1 aromatic rings. The van der Waals surface area contributed by atoms with E-state index in [9.17, 15) is 17.6 Å². The number of carbonyl (C=O) groups excluding carboxylic acids is 1. The zero-order chi connectivity index (χ0) is 15.8. The molecule has 0 aromatic heterocycles. The molecule has 3 N–H and O–H groups in total. The number of carbonyl (C=O) groups is 1. The summed E-state index contributed by atoms with van der Waals surface area (Å²) in [6, 6.07) is 3.21. The van der Waals surface area contributed by atoms with E-state index in [1.165, 1.54) is 6.07 Å². The maximum atomic E-state index is 13.4. The van der Waals surface area contributed by atoms with Crippen LogP contribution in [0.5, 0.6) is 0 Å². The van der Waals surface area contributed by atoms with Gasteiger partial charge in [0.1, 0.15) is 10.7 Å². The van der Waals surface area contributed by atoms with Crippen molar-refractivity contribution >= 4 is 15.9 Å². The van der Waals surface area contributed by atoms with Crippen molar-refractivity contribution in [2.24, 2.45) is 10.6 Å². The summed E-state index contributed by atoms with van der Waals surface area (Å²) in [5.41, 5.74) is 0.275. The molecule has 0 radical (unpaired) electrons. The van der Waals surface area contributed by atoms with Crippen LogP contribution in [0.15, 0.2) is 23.1 Å². The maximum absolute atomic E-state index is 13.4. The van der Waals surface area contributed by atoms with Gasteiger partial charge in [0.15, 0.2) is 0 Å². The van der Waals surface area contributed by atoms with Crippen molar-refractivity contribution in [3.8, 4) is 0 Å². The Labute approximate surface area is 123 Å². The van der Waals surface area contributed by atoms with E-state index in [0.29, 0.717) is 0 Å². The van der Waals surface area contributed by atoms with Crippen LogP contribution in [-0.4, -0.2) is 20.4 Å². The Hall–Kier alpha value is -1.47. The molecular weight excluding hydrogens is 295 g/mol. The Kier molecular flexibility index (Phi) is 4.08.